The Morgan fingerprint density at radius 1 is 0.947 bits per heavy atom. The number of hydrogen-bond acceptors (Lipinski definition) is 4. The summed E-state index contributed by atoms with van der Waals surface area (Å²) in [5, 5.41) is 2.85. The predicted octanol–water partition coefficient (Wildman–Crippen LogP) is 5.06. The molecule has 3 rings (SSSR count). The number of carbonyl (C=O) groups excluding carboxylic acids is 2. The molecule has 0 saturated carbocycles. The molecular weight excluding hydrogens is 634 g/mol. The number of rotatable bonds is 11. The molecule has 0 aliphatic carbocycles. The van der Waals surface area contributed by atoms with Gasteiger partial charge in [-0.3, -0.25) is 13.9 Å². The Hall–Kier alpha value is -2.69. The molecule has 1 atom stereocenters. The number of aryl methyl sites for hydroxylation is 1. The number of nitrogens with zero attached hydrogens (tertiary/aromatic N) is 2. The van der Waals surface area contributed by atoms with Gasteiger partial charge in [-0.25, -0.2) is 8.42 Å². The minimum atomic E-state index is -3.81. The fraction of sp³-hybridized carbons (Fsp3) is 0.286. The monoisotopic (exact) mass is 663 g/mol. The lowest BCUT2D eigenvalue weighted by Crippen LogP contribution is -2.53. The van der Waals surface area contributed by atoms with Crippen molar-refractivity contribution in [1.82, 2.24) is 10.2 Å². The summed E-state index contributed by atoms with van der Waals surface area (Å²) >= 11 is 6.90. The summed E-state index contributed by atoms with van der Waals surface area (Å²) in [6, 6.07) is 21.2. The molecule has 2 amide bonds. The van der Waals surface area contributed by atoms with Crippen LogP contribution in [0.1, 0.15) is 23.6 Å². The molecule has 1 N–H and O–H groups in total. The molecular formula is C28H31Br2N3O4S. The molecule has 3 aromatic rings. The Morgan fingerprint density at radius 2 is 1.63 bits per heavy atom. The number of hydrogen-bond donors (Lipinski definition) is 1. The smallest absolute Gasteiger partial charge is 0.244 e. The summed E-state index contributed by atoms with van der Waals surface area (Å²) < 4.78 is 28.4. The zero-order chi connectivity index (χ0) is 27.9. The molecule has 0 spiro atoms. The average Bonchev–Trinajstić information content (AvgIpc) is 2.86. The van der Waals surface area contributed by atoms with E-state index in [2.05, 4.69) is 37.2 Å². The van der Waals surface area contributed by atoms with E-state index in [1.165, 1.54) is 4.90 Å². The molecule has 0 saturated heterocycles. The van der Waals surface area contributed by atoms with E-state index >= 15 is 0 Å². The van der Waals surface area contributed by atoms with Gasteiger partial charge in [-0.15, -0.1) is 0 Å². The van der Waals surface area contributed by atoms with Gasteiger partial charge in [-0.05, 0) is 60.9 Å². The van der Waals surface area contributed by atoms with Crippen molar-refractivity contribution in [2.45, 2.75) is 32.9 Å². The fourth-order valence-corrected chi connectivity index (χ4v) is 5.61. The Morgan fingerprint density at radius 3 is 2.24 bits per heavy atom. The van der Waals surface area contributed by atoms with Gasteiger partial charge in [-0.1, -0.05) is 74.3 Å². The Balaban J connectivity index is 2.05. The van der Waals surface area contributed by atoms with Crippen molar-refractivity contribution in [3.8, 4) is 0 Å². The molecule has 0 heterocycles. The first-order valence-corrected chi connectivity index (χ1v) is 15.5. The molecule has 38 heavy (non-hydrogen) atoms. The van der Waals surface area contributed by atoms with Crippen LogP contribution in [0.2, 0.25) is 0 Å². The number of halogens is 2. The maximum atomic E-state index is 14.0. The van der Waals surface area contributed by atoms with Crippen LogP contribution < -0.4 is 9.62 Å². The average molecular weight is 665 g/mol. The van der Waals surface area contributed by atoms with E-state index in [1.54, 1.807) is 18.2 Å². The van der Waals surface area contributed by atoms with Crippen LogP contribution in [0.3, 0.4) is 0 Å². The molecule has 7 nitrogen and oxygen atoms in total. The van der Waals surface area contributed by atoms with Gasteiger partial charge >= 0.3 is 0 Å². The molecule has 3 aromatic carbocycles. The first kappa shape index (κ1) is 29.9. The molecule has 202 valence electrons. The fourth-order valence-electron chi connectivity index (χ4n) is 4.08. The van der Waals surface area contributed by atoms with E-state index in [4.69, 9.17) is 0 Å². The first-order valence-electron chi connectivity index (χ1n) is 12.1. The third-order valence-electron chi connectivity index (χ3n) is 5.97. The summed E-state index contributed by atoms with van der Waals surface area (Å²) in [6.07, 6.45) is 1.35. The number of carbonyl (C=O) groups is 2. The SMILES string of the molecule is CCNC(=O)C(Cc1ccccc1)N(Cc1cccc(Br)c1)C(=O)CN(c1ccc(Br)c(C)c1)S(C)(=O)=O. The molecule has 0 bridgehead atoms. The number of nitrogens with one attached hydrogen (secondary N) is 1. The van der Waals surface area contributed by atoms with Crippen LogP contribution in [0.25, 0.3) is 0 Å². The van der Waals surface area contributed by atoms with Gasteiger partial charge in [0.1, 0.15) is 12.6 Å². The Kier molecular flexibility index (Phi) is 10.5. The standard InChI is InChI=1S/C28H31Br2N3O4S/c1-4-31-28(35)26(17-21-9-6-5-7-10-21)32(18-22-11-8-12-23(29)16-22)27(34)19-33(38(3,36)37)24-13-14-25(30)20(2)15-24/h5-16,26H,4,17-19H2,1-3H3,(H,31,35). The lowest BCUT2D eigenvalue weighted by atomic mass is 10.0. The van der Waals surface area contributed by atoms with Crippen LogP contribution in [0.15, 0.2) is 81.7 Å². The van der Waals surface area contributed by atoms with Crippen molar-refractivity contribution in [1.29, 1.82) is 0 Å². The highest BCUT2D eigenvalue weighted by Crippen LogP contribution is 2.25. The molecule has 0 aliphatic rings. The maximum Gasteiger partial charge on any atom is 0.244 e. The third-order valence-corrected chi connectivity index (χ3v) is 8.50. The number of benzene rings is 3. The highest BCUT2D eigenvalue weighted by atomic mass is 79.9. The van der Waals surface area contributed by atoms with Gasteiger partial charge in [0.15, 0.2) is 0 Å². The van der Waals surface area contributed by atoms with Crippen molar-refractivity contribution in [3.05, 3.63) is 98.4 Å². The third kappa shape index (κ3) is 8.15. The topological polar surface area (TPSA) is 86.8 Å². The van der Waals surface area contributed by atoms with Crippen LogP contribution in [0.4, 0.5) is 5.69 Å². The Bertz CT molecular complexity index is 1380. The zero-order valence-corrected chi connectivity index (χ0v) is 25.5. The molecule has 0 fully saturated rings. The first-order chi connectivity index (χ1) is 18.0. The van der Waals surface area contributed by atoms with Crippen molar-refractivity contribution in [2.24, 2.45) is 0 Å². The van der Waals surface area contributed by atoms with Crippen LogP contribution in [0, 0.1) is 6.92 Å². The minimum absolute atomic E-state index is 0.129. The maximum absolute atomic E-state index is 14.0. The van der Waals surface area contributed by atoms with Gasteiger partial charge < -0.3 is 10.2 Å². The van der Waals surface area contributed by atoms with E-state index in [0.717, 1.165) is 36.2 Å². The van der Waals surface area contributed by atoms with Gasteiger partial charge in [0.25, 0.3) is 0 Å². The minimum Gasteiger partial charge on any atom is -0.355 e. The van der Waals surface area contributed by atoms with Crippen molar-refractivity contribution in [3.63, 3.8) is 0 Å². The normalized spacial score (nSPS) is 12.0. The van der Waals surface area contributed by atoms with Crippen molar-refractivity contribution < 1.29 is 18.0 Å². The highest BCUT2D eigenvalue weighted by molar-refractivity contribution is 9.10. The van der Waals surface area contributed by atoms with Crippen molar-refractivity contribution >= 4 is 59.4 Å². The number of anilines is 1. The van der Waals surface area contributed by atoms with Crippen molar-refractivity contribution in [2.75, 3.05) is 23.7 Å². The molecule has 0 radical (unpaired) electrons. The second-order valence-electron chi connectivity index (χ2n) is 8.95. The quantitative estimate of drug-likeness (QED) is 0.311. The Labute approximate surface area is 241 Å². The summed E-state index contributed by atoms with van der Waals surface area (Å²) in [5.74, 6) is -0.784. The van der Waals surface area contributed by atoms with Gasteiger partial charge in [-0.2, -0.15) is 0 Å². The lowest BCUT2D eigenvalue weighted by Gasteiger charge is -2.33. The number of amides is 2. The number of likely N-dealkylation sites (N-methyl/N-ethyl adjacent to an activating group) is 1. The van der Waals surface area contributed by atoms with E-state index < -0.39 is 28.5 Å². The van der Waals surface area contributed by atoms with E-state index in [0.29, 0.717) is 12.2 Å². The van der Waals surface area contributed by atoms with E-state index in [1.807, 2.05) is 68.4 Å². The molecule has 0 aromatic heterocycles. The molecule has 1 unspecified atom stereocenters. The number of sulfonamides is 1. The summed E-state index contributed by atoms with van der Waals surface area (Å²) in [5.41, 5.74) is 2.90. The zero-order valence-electron chi connectivity index (χ0n) is 21.5. The molecule has 10 heteroatoms. The predicted molar refractivity (Wildman–Crippen MR) is 158 cm³/mol. The molecule has 0 aliphatic heterocycles. The largest absolute Gasteiger partial charge is 0.355 e. The van der Waals surface area contributed by atoms with Gasteiger partial charge in [0, 0.05) is 28.5 Å². The summed E-state index contributed by atoms with van der Waals surface area (Å²) in [6.45, 7) is 3.75. The van der Waals surface area contributed by atoms with Gasteiger partial charge in [0.05, 0.1) is 11.9 Å². The highest BCUT2D eigenvalue weighted by Gasteiger charge is 2.33. The second kappa shape index (κ2) is 13.4. The van der Waals surface area contributed by atoms with Crippen LogP contribution in [0.5, 0.6) is 0 Å². The van der Waals surface area contributed by atoms with Crippen LogP contribution >= 0.6 is 31.9 Å². The summed E-state index contributed by atoms with van der Waals surface area (Å²) in [7, 11) is -3.81. The second-order valence-corrected chi connectivity index (χ2v) is 12.6. The van der Waals surface area contributed by atoms with Gasteiger partial charge in [0.2, 0.25) is 21.8 Å². The van der Waals surface area contributed by atoms with E-state index in [9.17, 15) is 18.0 Å². The summed E-state index contributed by atoms with van der Waals surface area (Å²) in [4.78, 5) is 28.8. The van der Waals surface area contributed by atoms with E-state index in [-0.39, 0.29) is 18.9 Å². The van der Waals surface area contributed by atoms with Crippen LogP contribution in [-0.4, -0.2) is 50.5 Å². The lowest BCUT2D eigenvalue weighted by molar-refractivity contribution is -0.140. The van der Waals surface area contributed by atoms with Crippen LogP contribution in [-0.2, 0) is 32.6 Å².